The highest BCUT2D eigenvalue weighted by Crippen LogP contribution is 2.18. The van der Waals surface area contributed by atoms with Crippen LogP contribution < -0.4 is 5.32 Å². The topological polar surface area (TPSA) is 79.0 Å². The van der Waals surface area contributed by atoms with Gasteiger partial charge in [-0.2, -0.15) is 0 Å². The number of halogens is 1. The predicted molar refractivity (Wildman–Crippen MR) is 63.1 cm³/mol. The maximum Gasteiger partial charge on any atom is 0.270 e. The minimum atomic E-state index is -0.507. The summed E-state index contributed by atoms with van der Waals surface area (Å²) in [5.41, 5.74) is 0.450. The van der Waals surface area contributed by atoms with Gasteiger partial charge in [-0.1, -0.05) is 18.5 Å². The smallest absolute Gasteiger partial charge is 0.270 e. The number of rotatable bonds is 4. The molecule has 0 heterocycles. The van der Waals surface area contributed by atoms with Crippen LogP contribution in [0.15, 0.2) is 34.7 Å². The van der Waals surface area contributed by atoms with E-state index in [9.17, 15) is 10.1 Å². The Kier molecular flexibility index (Phi) is 4.25. The van der Waals surface area contributed by atoms with Crippen LogP contribution >= 0.6 is 11.6 Å². The molecule has 0 aromatic carbocycles. The molecular weight excluding hydrogens is 230 g/mol. The fourth-order valence-electron chi connectivity index (χ4n) is 1.16. The third kappa shape index (κ3) is 2.93. The first-order chi connectivity index (χ1) is 7.56. The van der Waals surface area contributed by atoms with Gasteiger partial charge >= 0.3 is 0 Å². The van der Waals surface area contributed by atoms with Gasteiger partial charge in [0.1, 0.15) is 5.16 Å². The van der Waals surface area contributed by atoms with Gasteiger partial charge in [0.15, 0.2) is 0 Å². The van der Waals surface area contributed by atoms with E-state index in [1.54, 1.807) is 0 Å². The third-order valence-electron chi connectivity index (χ3n) is 1.98. The van der Waals surface area contributed by atoms with Crippen molar-refractivity contribution in [3.8, 4) is 0 Å². The summed E-state index contributed by atoms with van der Waals surface area (Å²) in [5, 5.41) is 21.3. The van der Waals surface area contributed by atoms with Crippen LogP contribution in [-0.4, -0.2) is 17.2 Å². The molecule has 0 atom stereocenters. The molecule has 1 rings (SSSR count). The van der Waals surface area contributed by atoms with E-state index in [1.165, 1.54) is 18.2 Å². The summed E-state index contributed by atoms with van der Waals surface area (Å²) in [5.74, 6) is 0. The van der Waals surface area contributed by atoms with Crippen LogP contribution in [0, 0.1) is 15.5 Å². The largest absolute Gasteiger partial charge is 0.375 e. The lowest BCUT2D eigenvalue weighted by molar-refractivity contribution is -0.419. The lowest BCUT2D eigenvalue weighted by atomic mass is 10.0. The van der Waals surface area contributed by atoms with E-state index < -0.39 is 4.92 Å². The molecule has 0 aromatic rings. The molecule has 0 aromatic heterocycles. The molecule has 0 spiro atoms. The summed E-state index contributed by atoms with van der Waals surface area (Å²) in [6, 6.07) is 0. The molecule has 0 saturated carbocycles. The molecule has 0 amide bonds. The van der Waals surface area contributed by atoms with Crippen LogP contribution in [0.3, 0.4) is 0 Å². The van der Waals surface area contributed by atoms with E-state index in [4.69, 9.17) is 17.0 Å². The Bertz CT molecular complexity index is 410. The van der Waals surface area contributed by atoms with Crippen molar-refractivity contribution >= 4 is 17.3 Å². The van der Waals surface area contributed by atoms with E-state index in [-0.39, 0.29) is 16.6 Å². The van der Waals surface area contributed by atoms with Crippen LogP contribution in [0.1, 0.15) is 13.3 Å². The first-order valence-electron chi connectivity index (χ1n) is 4.83. The average molecular weight is 242 g/mol. The van der Waals surface area contributed by atoms with Gasteiger partial charge in [0.2, 0.25) is 0 Å². The third-order valence-corrected chi connectivity index (χ3v) is 2.32. The molecule has 16 heavy (non-hydrogen) atoms. The Balaban J connectivity index is 2.98. The maximum atomic E-state index is 10.6. The Labute approximate surface area is 98.1 Å². The van der Waals surface area contributed by atoms with E-state index in [0.717, 1.165) is 6.42 Å². The zero-order chi connectivity index (χ0) is 12.1. The van der Waals surface area contributed by atoms with Gasteiger partial charge in [0.05, 0.1) is 10.6 Å². The molecule has 1 aliphatic rings. The lowest BCUT2D eigenvalue weighted by Gasteiger charge is -2.10. The van der Waals surface area contributed by atoms with Gasteiger partial charge in [-0.15, -0.1) is 0 Å². The molecule has 86 valence electrons. The van der Waals surface area contributed by atoms with Gasteiger partial charge in [0.25, 0.3) is 5.70 Å². The number of allylic oxidation sites excluding steroid dienone is 4. The molecule has 0 radical (unpaired) electrons. The Morgan fingerprint density at radius 3 is 2.88 bits per heavy atom. The number of nitrogens with zero attached hydrogens (tertiary/aromatic N) is 1. The van der Waals surface area contributed by atoms with Crippen molar-refractivity contribution in [2.75, 3.05) is 6.54 Å². The Morgan fingerprint density at radius 2 is 2.31 bits per heavy atom. The molecular formula is C10H12ClN3O2. The van der Waals surface area contributed by atoms with Crippen molar-refractivity contribution in [2.24, 2.45) is 0 Å². The van der Waals surface area contributed by atoms with Crippen molar-refractivity contribution in [2.45, 2.75) is 13.3 Å². The van der Waals surface area contributed by atoms with Gasteiger partial charge in [-0.25, -0.2) is 0 Å². The summed E-state index contributed by atoms with van der Waals surface area (Å²) in [6.45, 7) is 2.65. The van der Waals surface area contributed by atoms with E-state index in [0.29, 0.717) is 12.1 Å². The first kappa shape index (κ1) is 12.4. The van der Waals surface area contributed by atoms with Crippen LogP contribution in [0.5, 0.6) is 0 Å². The number of hydrogen-bond donors (Lipinski definition) is 2. The average Bonchev–Trinajstić information content (AvgIpc) is 2.26. The van der Waals surface area contributed by atoms with Crippen LogP contribution in [0.4, 0.5) is 0 Å². The first-order valence-corrected chi connectivity index (χ1v) is 5.20. The fraction of sp³-hybridized carbons (Fsp3) is 0.300. The predicted octanol–water partition coefficient (Wildman–Crippen LogP) is 2.19. The van der Waals surface area contributed by atoms with Gasteiger partial charge in [-0.3, -0.25) is 10.1 Å². The fourth-order valence-corrected chi connectivity index (χ4v) is 1.41. The molecule has 2 N–H and O–H groups in total. The standard InChI is InChI=1S/C10H12ClN3O2/c1-2-5-13-10(11)8-6-7(14(15)16)3-4-9(8)12/h3-4,6,12-13H,2,5H2,1H3/b10-8-,12-9?. The Morgan fingerprint density at radius 1 is 1.62 bits per heavy atom. The van der Waals surface area contributed by atoms with Gasteiger partial charge in [-0.05, 0) is 12.5 Å². The zero-order valence-electron chi connectivity index (χ0n) is 8.79. The molecule has 0 saturated heterocycles. The van der Waals surface area contributed by atoms with Gasteiger partial charge in [0, 0.05) is 24.3 Å². The normalized spacial score (nSPS) is 18.1. The van der Waals surface area contributed by atoms with Crippen LogP contribution in [0.25, 0.3) is 0 Å². The molecule has 0 aliphatic heterocycles. The SMILES string of the molecule is CCCN/C(Cl)=C1/C=C([N+](=O)[O-])C=CC1=N. The second-order valence-corrected chi connectivity index (χ2v) is 3.61. The summed E-state index contributed by atoms with van der Waals surface area (Å²) in [4.78, 5) is 10.1. The van der Waals surface area contributed by atoms with Crippen LogP contribution in [-0.2, 0) is 0 Å². The second-order valence-electron chi connectivity index (χ2n) is 3.23. The molecule has 5 nitrogen and oxygen atoms in total. The molecule has 1 aliphatic carbocycles. The molecule has 0 fully saturated rings. The van der Waals surface area contributed by atoms with Crippen molar-refractivity contribution in [3.63, 3.8) is 0 Å². The lowest BCUT2D eigenvalue weighted by Crippen LogP contribution is -2.16. The highest BCUT2D eigenvalue weighted by molar-refractivity contribution is 6.33. The summed E-state index contributed by atoms with van der Waals surface area (Å²) in [7, 11) is 0. The van der Waals surface area contributed by atoms with Crippen molar-refractivity contribution in [1.29, 1.82) is 5.41 Å². The van der Waals surface area contributed by atoms with Crippen molar-refractivity contribution < 1.29 is 4.92 Å². The van der Waals surface area contributed by atoms with E-state index in [2.05, 4.69) is 5.32 Å². The number of nitro groups is 1. The quantitative estimate of drug-likeness (QED) is 0.450. The Hall–Kier alpha value is -1.62. The molecule has 0 unspecified atom stereocenters. The number of nitrogens with one attached hydrogen (secondary N) is 2. The van der Waals surface area contributed by atoms with Crippen molar-refractivity contribution in [1.82, 2.24) is 5.32 Å². The van der Waals surface area contributed by atoms with Gasteiger partial charge < -0.3 is 10.7 Å². The summed E-state index contributed by atoms with van der Waals surface area (Å²) < 4.78 is 0. The molecule has 0 bridgehead atoms. The van der Waals surface area contributed by atoms with E-state index >= 15 is 0 Å². The minimum Gasteiger partial charge on any atom is -0.375 e. The minimum absolute atomic E-state index is 0.0672. The van der Waals surface area contributed by atoms with Crippen molar-refractivity contribution in [3.05, 3.63) is 44.8 Å². The van der Waals surface area contributed by atoms with Crippen LogP contribution in [0.2, 0.25) is 0 Å². The zero-order valence-corrected chi connectivity index (χ0v) is 9.54. The summed E-state index contributed by atoms with van der Waals surface area (Å²) in [6.07, 6.45) is 4.84. The highest BCUT2D eigenvalue weighted by atomic mass is 35.5. The number of hydrogen-bond acceptors (Lipinski definition) is 4. The maximum absolute atomic E-state index is 10.6. The highest BCUT2D eigenvalue weighted by Gasteiger charge is 2.17. The summed E-state index contributed by atoms with van der Waals surface area (Å²) >= 11 is 5.93. The monoisotopic (exact) mass is 241 g/mol. The van der Waals surface area contributed by atoms with E-state index in [1.807, 2.05) is 6.92 Å². The second kappa shape index (κ2) is 5.46. The molecule has 6 heteroatoms.